The van der Waals surface area contributed by atoms with Crippen molar-refractivity contribution in [1.82, 2.24) is 4.90 Å². The van der Waals surface area contributed by atoms with Crippen LogP contribution in [-0.4, -0.2) is 41.3 Å². The van der Waals surface area contributed by atoms with Gasteiger partial charge in [-0.25, -0.2) is 8.78 Å². The molecule has 0 spiro atoms. The van der Waals surface area contributed by atoms with Gasteiger partial charge in [0.15, 0.2) is 0 Å². The fourth-order valence-corrected chi connectivity index (χ4v) is 3.22. The Bertz CT molecular complexity index is 730. The Balaban J connectivity index is 1.94. The molecule has 0 saturated heterocycles. The summed E-state index contributed by atoms with van der Waals surface area (Å²) in [6.45, 7) is -0.326. The molecule has 1 aromatic carbocycles. The van der Waals surface area contributed by atoms with Gasteiger partial charge in [0.2, 0.25) is 5.91 Å². The largest absolute Gasteiger partial charge is 0.394 e. The summed E-state index contributed by atoms with van der Waals surface area (Å²) in [5.41, 5.74) is 7.16. The van der Waals surface area contributed by atoms with Gasteiger partial charge in [0.25, 0.3) is 0 Å². The standard InChI is InChI=1S/C19H20F2N2O2/c20-14-6-7-16(21)15(9-14)13-8-18(12-4-2-1-3-5-12)23(10-13)19(25)17(22)11-24/h1-9,15-18,24H,10-11,22H2/t15?,16?,17-,18?/m0/s1. The smallest absolute Gasteiger partial charge is 0.242 e. The summed E-state index contributed by atoms with van der Waals surface area (Å²) in [6.07, 6.45) is 3.97. The van der Waals surface area contributed by atoms with Crippen LogP contribution in [0.4, 0.5) is 8.78 Å². The van der Waals surface area contributed by atoms with Crippen molar-refractivity contribution in [3.63, 3.8) is 0 Å². The van der Waals surface area contributed by atoms with Crippen LogP contribution in [0.3, 0.4) is 0 Å². The van der Waals surface area contributed by atoms with E-state index < -0.39 is 42.5 Å². The van der Waals surface area contributed by atoms with Gasteiger partial charge in [-0.2, -0.15) is 0 Å². The van der Waals surface area contributed by atoms with E-state index in [1.165, 1.54) is 17.1 Å². The maximum absolute atomic E-state index is 14.2. The number of halogens is 2. The van der Waals surface area contributed by atoms with Crippen LogP contribution in [0.2, 0.25) is 0 Å². The molecular weight excluding hydrogens is 326 g/mol. The van der Waals surface area contributed by atoms with Gasteiger partial charge in [-0.05, 0) is 29.4 Å². The van der Waals surface area contributed by atoms with Crippen molar-refractivity contribution in [3.8, 4) is 0 Å². The van der Waals surface area contributed by atoms with Gasteiger partial charge in [0.1, 0.15) is 18.0 Å². The Morgan fingerprint density at radius 3 is 2.72 bits per heavy atom. The highest BCUT2D eigenvalue weighted by Gasteiger charge is 2.36. The number of aliphatic hydroxyl groups excluding tert-OH is 1. The van der Waals surface area contributed by atoms with Crippen LogP contribution < -0.4 is 5.73 Å². The van der Waals surface area contributed by atoms with Crippen LogP contribution in [-0.2, 0) is 4.79 Å². The van der Waals surface area contributed by atoms with Crippen LogP contribution >= 0.6 is 0 Å². The van der Waals surface area contributed by atoms with E-state index in [9.17, 15) is 18.7 Å². The molecule has 3 N–H and O–H groups in total. The zero-order chi connectivity index (χ0) is 18.0. The van der Waals surface area contributed by atoms with Gasteiger partial charge < -0.3 is 15.7 Å². The first kappa shape index (κ1) is 17.5. The number of hydrogen-bond acceptors (Lipinski definition) is 3. The van der Waals surface area contributed by atoms with E-state index in [1.54, 1.807) is 6.08 Å². The normalized spacial score (nSPS) is 27.0. The molecule has 1 aliphatic carbocycles. The Kier molecular flexibility index (Phi) is 5.11. The topological polar surface area (TPSA) is 66.6 Å². The van der Waals surface area contributed by atoms with Crippen molar-refractivity contribution in [2.24, 2.45) is 11.7 Å². The highest BCUT2D eigenvalue weighted by atomic mass is 19.1. The second-order valence-electron chi connectivity index (χ2n) is 6.23. The van der Waals surface area contributed by atoms with Gasteiger partial charge in [-0.1, -0.05) is 36.4 Å². The number of carbonyl (C=O) groups is 1. The number of carbonyl (C=O) groups excluding carboxylic acids is 1. The maximum atomic E-state index is 14.2. The van der Waals surface area contributed by atoms with Gasteiger partial charge >= 0.3 is 0 Å². The van der Waals surface area contributed by atoms with E-state index in [0.29, 0.717) is 5.57 Å². The zero-order valence-electron chi connectivity index (χ0n) is 13.6. The molecule has 4 atom stereocenters. The number of benzene rings is 1. The molecule has 6 heteroatoms. The number of rotatable bonds is 4. The maximum Gasteiger partial charge on any atom is 0.242 e. The van der Waals surface area contributed by atoms with Crippen molar-refractivity contribution in [3.05, 3.63) is 71.6 Å². The molecule has 0 fully saturated rings. The molecule has 0 bridgehead atoms. The molecule has 25 heavy (non-hydrogen) atoms. The highest BCUT2D eigenvalue weighted by molar-refractivity contribution is 5.83. The van der Waals surface area contributed by atoms with Crippen molar-refractivity contribution in [2.75, 3.05) is 13.2 Å². The van der Waals surface area contributed by atoms with Crippen LogP contribution in [0.15, 0.2) is 66.0 Å². The summed E-state index contributed by atoms with van der Waals surface area (Å²) in [7, 11) is 0. The zero-order valence-corrected chi connectivity index (χ0v) is 13.6. The summed E-state index contributed by atoms with van der Waals surface area (Å²) in [5, 5.41) is 9.20. The molecular formula is C19H20F2N2O2. The van der Waals surface area contributed by atoms with Crippen LogP contribution in [0, 0.1) is 5.92 Å². The molecule has 2 aliphatic rings. The van der Waals surface area contributed by atoms with Crippen molar-refractivity contribution < 1.29 is 18.7 Å². The van der Waals surface area contributed by atoms with Crippen molar-refractivity contribution >= 4 is 5.91 Å². The van der Waals surface area contributed by atoms with Crippen LogP contribution in [0.25, 0.3) is 0 Å². The number of hydrogen-bond donors (Lipinski definition) is 2. The fourth-order valence-electron chi connectivity index (χ4n) is 3.22. The number of allylic oxidation sites excluding steroid dienone is 4. The lowest BCUT2D eigenvalue weighted by atomic mass is 9.90. The number of amides is 1. The first-order valence-electron chi connectivity index (χ1n) is 8.13. The quantitative estimate of drug-likeness (QED) is 0.822. The minimum atomic E-state index is -1.34. The molecule has 1 aliphatic heterocycles. The lowest BCUT2D eigenvalue weighted by Crippen LogP contribution is -2.46. The molecule has 0 radical (unpaired) electrons. The van der Waals surface area contributed by atoms with Crippen molar-refractivity contribution in [1.29, 1.82) is 0 Å². The third-order valence-corrected chi connectivity index (χ3v) is 4.55. The van der Waals surface area contributed by atoms with Crippen LogP contribution in [0.5, 0.6) is 0 Å². The summed E-state index contributed by atoms with van der Waals surface area (Å²) in [6, 6.07) is 7.80. The molecule has 3 rings (SSSR count). The minimum absolute atomic E-state index is 0.148. The van der Waals surface area contributed by atoms with E-state index in [0.717, 1.165) is 11.6 Å². The Morgan fingerprint density at radius 2 is 2.04 bits per heavy atom. The minimum Gasteiger partial charge on any atom is -0.394 e. The monoisotopic (exact) mass is 346 g/mol. The van der Waals surface area contributed by atoms with E-state index in [-0.39, 0.29) is 6.54 Å². The SMILES string of the molecule is N[C@@H](CO)C(=O)N1CC(C2C=C(F)C=CC2F)=CC1c1ccccc1. The summed E-state index contributed by atoms with van der Waals surface area (Å²) in [4.78, 5) is 14.0. The third kappa shape index (κ3) is 3.55. The van der Waals surface area contributed by atoms with E-state index in [4.69, 9.17) is 5.73 Å². The lowest BCUT2D eigenvalue weighted by molar-refractivity contribution is -0.134. The molecule has 1 aromatic rings. The summed E-state index contributed by atoms with van der Waals surface area (Å²) in [5.74, 6) is -1.67. The molecule has 0 aromatic heterocycles. The van der Waals surface area contributed by atoms with Gasteiger partial charge in [0.05, 0.1) is 12.6 Å². The predicted molar refractivity (Wildman–Crippen MR) is 90.8 cm³/mol. The number of nitrogens with two attached hydrogens (primary N) is 1. The average Bonchev–Trinajstić information content (AvgIpc) is 3.08. The van der Waals surface area contributed by atoms with Gasteiger partial charge in [-0.3, -0.25) is 4.79 Å². The molecule has 1 heterocycles. The van der Waals surface area contributed by atoms with Crippen LogP contribution in [0.1, 0.15) is 11.6 Å². The van der Waals surface area contributed by atoms with Crippen molar-refractivity contribution in [2.45, 2.75) is 18.3 Å². The summed E-state index contributed by atoms with van der Waals surface area (Å²) >= 11 is 0. The second kappa shape index (κ2) is 7.29. The summed E-state index contributed by atoms with van der Waals surface area (Å²) < 4.78 is 27.8. The molecule has 4 nitrogen and oxygen atoms in total. The lowest BCUT2D eigenvalue weighted by Gasteiger charge is -2.28. The molecule has 132 valence electrons. The van der Waals surface area contributed by atoms with Gasteiger partial charge in [-0.15, -0.1) is 0 Å². The van der Waals surface area contributed by atoms with Gasteiger partial charge in [0, 0.05) is 12.5 Å². The number of aliphatic hydroxyl groups is 1. The highest BCUT2D eigenvalue weighted by Crippen LogP contribution is 2.37. The average molecular weight is 346 g/mol. The first-order valence-corrected chi connectivity index (χ1v) is 8.13. The second-order valence-corrected chi connectivity index (χ2v) is 6.23. The van der Waals surface area contributed by atoms with E-state index >= 15 is 0 Å². The molecule has 1 amide bonds. The number of nitrogens with zero attached hydrogens (tertiary/aromatic N) is 1. The fraction of sp³-hybridized carbons (Fsp3) is 0.316. The van der Waals surface area contributed by atoms with E-state index in [2.05, 4.69) is 0 Å². The molecule has 0 saturated carbocycles. The predicted octanol–water partition coefficient (Wildman–Crippen LogP) is 2.19. The third-order valence-electron chi connectivity index (χ3n) is 4.55. The van der Waals surface area contributed by atoms with E-state index in [1.807, 2.05) is 30.3 Å². The molecule has 3 unspecified atom stereocenters. The Hall–Kier alpha value is -2.31. The number of alkyl halides is 1. The Labute approximate surface area is 144 Å². The Morgan fingerprint density at radius 1 is 1.32 bits per heavy atom. The first-order chi connectivity index (χ1) is 12.0.